The van der Waals surface area contributed by atoms with Crippen molar-refractivity contribution in [3.63, 3.8) is 0 Å². The molecule has 1 aromatic carbocycles. The van der Waals surface area contributed by atoms with Crippen LogP contribution in [0.25, 0.3) is 0 Å². The minimum Gasteiger partial charge on any atom is -0.332 e. The maximum atomic E-state index is 13.2. The fourth-order valence-electron chi connectivity index (χ4n) is 1.57. The topological polar surface area (TPSA) is 75.8 Å². The summed E-state index contributed by atoms with van der Waals surface area (Å²) in [5, 5.41) is 8.46. The van der Waals surface area contributed by atoms with E-state index in [-0.39, 0.29) is 17.1 Å². The molecular formula is C11H7ClFN3O2S. The van der Waals surface area contributed by atoms with Gasteiger partial charge in [0.05, 0.1) is 18.0 Å². The Morgan fingerprint density at radius 3 is 2.74 bits per heavy atom. The van der Waals surface area contributed by atoms with Crippen LogP contribution >= 0.6 is 10.7 Å². The Labute approximate surface area is 113 Å². The zero-order valence-electron chi connectivity index (χ0n) is 9.42. The highest BCUT2D eigenvalue weighted by Gasteiger charge is 2.13. The summed E-state index contributed by atoms with van der Waals surface area (Å²) in [5.41, 5.74) is 0.716. The molecule has 8 heteroatoms. The van der Waals surface area contributed by atoms with Crippen LogP contribution in [0.5, 0.6) is 0 Å². The molecule has 2 aromatic rings. The van der Waals surface area contributed by atoms with E-state index >= 15 is 0 Å². The van der Waals surface area contributed by atoms with Crippen LogP contribution in [0.3, 0.4) is 0 Å². The van der Waals surface area contributed by atoms with Gasteiger partial charge in [-0.05, 0) is 23.8 Å². The molecule has 0 atom stereocenters. The van der Waals surface area contributed by atoms with E-state index in [1.807, 2.05) is 6.07 Å². The van der Waals surface area contributed by atoms with Gasteiger partial charge in [0.25, 0.3) is 9.05 Å². The highest BCUT2D eigenvalue weighted by Crippen LogP contribution is 2.14. The van der Waals surface area contributed by atoms with Crippen LogP contribution in [-0.2, 0) is 15.6 Å². The predicted molar refractivity (Wildman–Crippen MR) is 65.5 cm³/mol. The lowest BCUT2D eigenvalue weighted by Gasteiger charge is -2.03. The van der Waals surface area contributed by atoms with Crippen LogP contribution in [0.4, 0.5) is 4.39 Å². The van der Waals surface area contributed by atoms with Crippen LogP contribution in [0.2, 0.25) is 0 Å². The average Bonchev–Trinajstić information content (AvgIpc) is 2.76. The lowest BCUT2D eigenvalue weighted by atomic mass is 10.1. The summed E-state index contributed by atoms with van der Waals surface area (Å²) < 4.78 is 36.7. The average molecular weight is 300 g/mol. The first-order chi connectivity index (χ1) is 8.88. The third kappa shape index (κ3) is 3.30. The molecule has 0 spiro atoms. The van der Waals surface area contributed by atoms with Gasteiger partial charge in [-0.15, -0.1) is 0 Å². The third-order valence-corrected chi connectivity index (χ3v) is 3.50. The Morgan fingerprint density at radius 1 is 1.42 bits per heavy atom. The smallest absolute Gasteiger partial charge is 0.280 e. The molecule has 0 fully saturated rings. The molecular weight excluding hydrogens is 293 g/mol. The van der Waals surface area contributed by atoms with Crippen molar-refractivity contribution in [1.82, 2.24) is 9.55 Å². The number of nitriles is 1. The maximum absolute atomic E-state index is 13.2. The van der Waals surface area contributed by atoms with Gasteiger partial charge in [-0.25, -0.2) is 17.8 Å². The standard InChI is InChI=1S/C11H7ClFN3O2S/c12-19(17,18)11-6-16(7-15-11)5-9-1-8(4-14)2-10(13)3-9/h1-3,6-7H,5H2. The van der Waals surface area contributed by atoms with Gasteiger partial charge < -0.3 is 4.57 Å². The lowest BCUT2D eigenvalue weighted by Crippen LogP contribution is -1.98. The van der Waals surface area contributed by atoms with Crippen molar-refractivity contribution in [3.05, 3.63) is 47.7 Å². The van der Waals surface area contributed by atoms with Crippen molar-refractivity contribution < 1.29 is 12.8 Å². The number of hydrogen-bond donors (Lipinski definition) is 0. The third-order valence-electron chi connectivity index (χ3n) is 2.31. The molecule has 0 radical (unpaired) electrons. The number of benzene rings is 1. The number of nitrogens with zero attached hydrogens (tertiary/aromatic N) is 3. The summed E-state index contributed by atoms with van der Waals surface area (Å²) in [6.07, 6.45) is 2.51. The van der Waals surface area contributed by atoms with E-state index in [0.717, 1.165) is 6.07 Å². The van der Waals surface area contributed by atoms with Crippen LogP contribution in [0.15, 0.2) is 35.7 Å². The van der Waals surface area contributed by atoms with Crippen LogP contribution < -0.4 is 0 Å². The molecule has 19 heavy (non-hydrogen) atoms. The van der Waals surface area contributed by atoms with E-state index in [0.29, 0.717) is 5.56 Å². The van der Waals surface area contributed by atoms with Gasteiger partial charge in [-0.1, -0.05) is 0 Å². The van der Waals surface area contributed by atoms with Crippen LogP contribution in [-0.4, -0.2) is 18.0 Å². The van der Waals surface area contributed by atoms with Gasteiger partial charge in [0, 0.05) is 23.4 Å². The Kier molecular flexibility index (Phi) is 3.55. The van der Waals surface area contributed by atoms with E-state index in [1.165, 1.54) is 29.2 Å². The molecule has 98 valence electrons. The summed E-state index contributed by atoms with van der Waals surface area (Å²) in [4.78, 5) is 3.63. The van der Waals surface area contributed by atoms with Gasteiger partial charge in [-0.2, -0.15) is 5.26 Å². The number of halogens is 2. The molecule has 0 bridgehead atoms. The lowest BCUT2D eigenvalue weighted by molar-refractivity contribution is 0.606. The summed E-state index contributed by atoms with van der Waals surface area (Å²) in [5.74, 6) is -0.528. The molecule has 0 N–H and O–H groups in total. The van der Waals surface area contributed by atoms with E-state index < -0.39 is 14.9 Å². The minimum absolute atomic E-state index is 0.186. The zero-order valence-corrected chi connectivity index (χ0v) is 11.0. The maximum Gasteiger partial charge on any atom is 0.280 e. The molecule has 1 aromatic heterocycles. The highest BCUT2D eigenvalue weighted by molar-refractivity contribution is 8.13. The fraction of sp³-hybridized carbons (Fsp3) is 0.0909. The number of aromatic nitrogens is 2. The molecule has 5 nitrogen and oxygen atoms in total. The van der Waals surface area contributed by atoms with Crippen molar-refractivity contribution in [2.45, 2.75) is 11.6 Å². The molecule has 0 amide bonds. The SMILES string of the molecule is N#Cc1cc(F)cc(Cn2cnc(S(=O)(=O)Cl)c2)c1. The molecule has 0 aliphatic carbocycles. The summed E-state index contributed by atoms with van der Waals surface area (Å²) in [6.45, 7) is 0.186. The van der Waals surface area contributed by atoms with Crippen molar-refractivity contribution in [3.8, 4) is 6.07 Å². The Balaban J connectivity index is 2.29. The van der Waals surface area contributed by atoms with Crippen molar-refractivity contribution >= 4 is 19.7 Å². The molecule has 1 heterocycles. The number of rotatable bonds is 3. The normalized spacial score (nSPS) is 11.2. The monoisotopic (exact) mass is 299 g/mol. The van der Waals surface area contributed by atoms with E-state index in [4.69, 9.17) is 15.9 Å². The van der Waals surface area contributed by atoms with E-state index in [1.54, 1.807) is 0 Å². The first-order valence-electron chi connectivity index (χ1n) is 5.04. The first kappa shape index (κ1) is 13.5. The second-order valence-corrected chi connectivity index (χ2v) is 6.29. The van der Waals surface area contributed by atoms with Crippen LogP contribution in [0, 0.1) is 17.1 Å². The van der Waals surface area contributed by atoms with Crippen LogP contribution in [0.1, 0.15) is 11.1 Å². The van der Waals surface area contributed by atoms with E-state index in [2.05, 4.69) is 4.98 Å². The zero-order chi connectivity index (χ0) is 14.0. The molecule has 0 unspecified atom stereocenters. The fourth-order valence-corrected chi connectivity index (χ4v) is 2.24. The Morgan fingerprint density at radius 2 is 2.16 bits per heavy atom. The molecule has 0 saturated carbocycles. The molecule has 0 saturated heterocycles. The summed E-state index contributed by atoms with van der Waals surface area (Å²) in [6, 6.07) is 5.73. The minimum atomic E-state index is -3.88. The van der Waals surface area contributed by atoms with Gasteiger partial charge in [0.1, 0.15) is 5.82 Å². The van der Waals surface area contributed by atoms with Gasteiger partial charge in [0.15, 0.2) is 5.03 Å². The second kappa shape index (κ2) is 4.99. The molecule has 0 aliphatic heterocycles. The highest BCUT2D eigenvalue weighted by atomic mass is 35.7. The first-order valence-corrected chi connectivity index (χ1v) is 7.35. The molecule has 2 rings (SSSR count). The van der Waals surface area contributed by atoms with Gasteiger partial charge in [0.2, 0.25) is 0 Å². The predicted octanol–water partition coefficient (Wildman–Crippen LogP) is 1.87. The van der Waals surface area contributed by atoms with Gasteiger partial charge in [-0.3, -0.25) is 0 Å². The van der Waals surface area contributed by atoms with Gasteiger partial charge >= 0.3 is 0 Å². The molecule has 0 aliphatic rings. The van der Waals surface area contributed by atoms with Crippen molar-refractivity contribution in [1.29, 1.82) is 5.26 Å². The number of hydrogen-bond acceptors (Lipinski definition) is 4. The second-order valence-electron chi connectivity index (χ2n) is 3.78. The summed E-state index contributed by atoms with van der Waals surface area (Å²) in [7, 11) is 1.26. The van der Waals surface area contributed by atoms with Crippen molar-refractivity contribution in [2.24, 2.45) is 0 Å². The van der Waals surface area contributed by atoms with E-state index in [9.17, 15) is 12.8 Å². The number of imidazole rings is 1. The largest absolute Gasteiger partial charge is 0.332 e. The quantitative estimate of drug-likeness (QED) is 0.811. The Bertz CT molecular complexity index is 764. The Hall–Kier alpha value is -1.91. The van der Waals surface area contributed by atoms with Crippen molar-refractivity contribution in [2.75, 3.05) is 0 Å². The summed E-state index contributed by atoms with van der Waals surface area (Å²) >= 11 is 0.